The Kier molecular flexibility index (Phi) is 5.88. The van der Waals surface area contributed by atoms with E-state index in [9.17, 15) is 4.79 Å². The molecule has 0 radical (unpaired) electrons. The molecule has 5 heteroatoms. The van der Waals surface area contributed by atoms with Gasteiger partial charge in [0, 0.05) is 57.2 Å². The molecule has 1 aromatic heterocycles. The predicted octanol–water partition coefficient (Wildman–Crippen LogP) is 3.15. The lowest BCUT2D eigenvalue weighted by Gasteiger charge is -2.35. The first kappa shape index (κ1) is 17.0. The van der Waals surface area contributed by atoms with Crippen molar-refractivity contribution >= 4 is 22.7 Å². The van der Waals surface area contributed by atoms with Gasteiger partial charge in [-0.1, -0.05) is 42.1 Å². The van der Waals surface area contributed by atoms with Gasteiger partial charge >= 0.3 is 0 Å². The molecule has 126 valence electrons. The Morgan fingerprint density at radius 2 is 1.79 bits per heavy atom. The Labute approximate surface area is 147 Å². The van der Waals surface area contributed by atoms with Gasteiger partial charge in [0.15, 0.2) is 5.12 Å². The number of rotatable bonds is 5. The first-order valence-electron chi connectivity index (χ1n) is 8.34. The Hall–Kier alpha value is -1.85. The lowest BCUT2D eigenvalue weighted by molar-refractivity contribution is -0.109. The molecule has 2 aromatic rings. The van der Waals surface area contributed by atoms with Crippen molar-refractivity contribution in [2.75, 3.05) is 43.4 Å². The molecule has 1 aromatic carbocycles. The van der Waals surface area contributed by atoms with E-state index in [-0.39, 0.29) is 5.12 Å². The molecular formula is C19H23N3OS. The molecule has 0 saturated carbocycles. The highest BCUT2D eigenvalue weighted by Crippen LogP contribution is 2.21. The number of benzene rings is 1. The van der Waals surface area contributed by atoms with Crippen LogP contribution in [0, 0.1) is 0 Å². The largest absolute Gasteiger partial charge is 0.354 e. The van der Waals surface area contributed by atoms with Crippen LogP contribution in [0.4, 0.5) is 5.82 Å². The maximum atomic E-state index is 11.0. The quantitative estimate of drug-likeness (QED) is 0.835. The van der Waals surface area contributed by atoms with Crippen LogP contribution < -0.4 is 4.90 Å². The van der Waals surface area contributed by atoms with Crippen LogP contribution in [0.15, 0.2) is 48.7 Å². The summed E-state index contributed by atoms with van der Waals surface area (Å²) in [6.45, 7) is 6.65. The third-order valence-corrected chi connectivity index (χ3v) is 5.06. The van der Waals surface area contributed by atoms with Gasteiger partial charge < -0.3 is 4.90 Å². The van der Waals surface area contributed by atoms with Gasteiger partial charge in [0.2, 0.25) is 0 Å². The molecule has 0 atom stereocenters. The normalized spacial score (nSPS) is 15.5. The van der Waals surface area contributed by atoms with Gasteiger partial charge in [0.25, 0.3) is 0 Å². The molecule has 0 N–H and O–H groups in total. The van der Waals surface area contributed by atoms with Crippen LogP contribution in [0.1, 0.15) is 6.92 Å². The molecule has 0 unspecified atom stereocenters. The summed E-state index contributed by atoms with van der Waals surface area (Å²) in [5.41, 5.74) is 2.35. The maximum Gasteiger partial charge on any atom is 0.185 e. The third kappa shape index (κ3) is 4.58. The van der Waals surface area contributed by atoms with E-state index < -0.39 is 0 Å². The number of piperazine rings is 1. The van der Waals surface area contributed by atoms with Crippen LogP contribution in [-0.2, 0) is 4.79 Å². The Morgan fingerprint density at radius 1 is 1.04 bits per heavy atom. The minimum absolute atomic E-state index is 0.205. The van der Waals surface area contributed by atoms with Gasteiger partial charge in [-0.25, -0.2) is 4.98 Å². The second-order valence-electron chi connectivity index (χ2n) is 5.94. The van der Waals surface area contributed by atoms with Crippen LogP contribution in [0.25, 0.3) is 11.1 Å². The van der Waals surface area contributed by atoms with E-state index >= 15 is 0 Å². The zero-order valence-electron chi connectivity index (χ0n) is 14.0. The highest BCUT2D eigenvalue weighted by molar-refractivity contribution is 8.13. The molecule has 0 aliphatic carbocycles. The van der Waals surface area contributed by atoms with Crippen molar-refractivity contribution in [2.24, 2.45) is 0 Å². The van der Waals surface area contributed by atoms with E-state index in [4.69, 9.17) is 0 Å². The Morgan fingerprint density at radius 3 is 2.42 bits per heavy atom. The number of nitrogens with zero attached hydrogens (tertiary/aromatic N) is 3. The monoisotopic (exact) mass is 341 g/mol. The standard InChI is InChI=1S/C19H23N3OS/c1-16(23)24-14-13-21-9-11-22(12-10-21)19-8-7-18(15-20-19)17-5-3-2-4-6-17/h2-8,15H,9-14H2,1H3. The van der Waals surface area contributed by atoms with Gasteiger partial charge in [-0.2, -0.15) is 0 Å². The van der Waals surface area contributed by atoms with Crippen molar-refractivity contribution in [2.45, 2.75) is 6.92 Å². The number of aromatic nitrogens is 1. The van der Waals surface area contributed by atoms with Gasteiger partial charge in [-0.15, -0.1) is 0 Å². The molecule has 0 bridgehead atoms. The van der Waals surface area contributed by atoms with E-state index in [2.05, 4.69) is 39.0 Å². The Bertz CT molecular complexity index is 652. The minimum atomic E-state index is 0.205. The second kappa shape index (κ2) is 8.31. The summed E-state index contributed by atoms with van der Waals surface area (Å²) in [5, 5.41) is 0.205. The van der Waals surface area contributed by atoms with Gasteiger partial charge in [-0.05, 0) is 17.7 Å². The summed E-state index contributed by atoms with van der Waals surface area (Å²) in [6.07, 6.45) is 1.96. The zero-order valence-corrected chi connectivity index (χ0v) is 14.8. The SMILES string of the molecule is CC(=O)SCCN1CCN(c2ccc(-c3ccccc3)cn2)CC1. The van der Waals surface area contributed by atoms with E-state index in [0.29, 0.717) is 0 Å². The molecule has 24 heavy (non-hydrogen) atoms. The van der Waals surface area contributed by atoms with E-state index in [1.54, 1.807) is 6.92 Å². The number of hydrogen-bond acceptors (Lipinski definition) is 5. The van der Waals surface area contributed by atoms with E-state index in [1.807, 2.05) is 24.4 Å². The number of thioether (sulfide) groups is 1. The van der Waals surface area contributed by atoms with Crippen molar-refractivity contribution in [1.82, 2.24) is 9.88 Å². The highest BCUT2D eigenvalue weighted by atomic mass is 32.2. The first-order valence-corrected chi connectivity index (χ1v) is 9.33. The molecule has 4 nitrogen and oxygen atoms in total. The minimum Gasteiger partial charge on any atom is -0.354 e. The lowest BCUT2D eigenvalue weighted by atomic mass is 10.1. The van der Waals surface area contributed by atoms with Crippen molar-refractivity contribution < 1.29 is 4.79 Å². The average Bonchev–Trinajstić information content (AvgIpc) is 2.63. The lowest BCUT2D eigenvalue weighted by Crippen LogP contribution is -2.47. The fraction of sp³-hybridized carbons (Fsp3) is 0.368. The average molecular weight is 341 g/mol. The van der Waals surface area contributed by atoms with Crippen molar-refractivity contribution in [1.29, 1.82) is 0 Å². The summed E-state index contributed by atoms with van der Waals surface area (Å²) in [7, 11) is 0. The summed E-state index contributed by atoms with van der Waals surface area (Å²) in [5.74, 6) is 1.94. The zero-order chi connectivity index (χ0) is 16.8. The van der Waals surface area contributed by atoms with Gasteiger partial charge in [0.1, 0.15) is 5.82 Å². The smallest absolute Gasteiger partial charge is 0.185 e. The van der Waals surface area contributed by atoms with Crippen LogP contribution in [0.3, 0.4) is 0 Å². The molecule has 1 aliphatic heterocycles. The number of carbonyl (C=O) groups excluding carboxylic acids is 1. The molecule has 1 fully saturated rings. The summed E-state index contributed by atoms with van der Waals surface area (Å²) in [4.78, 5) is 20.4. The maximum absolute atomic E-state index is 11.0. The number of anilines is 1. The molecule has 0 spiro atoms. The number of carbonyl (C=O) groups is 1. The molecule has 2 heterocycles. The van der Waals surface area contributed by atoms with Crippen LogP contribution in [0.2, 0.25) is 0 Å². The van der Waals surface area contributed by atoms with E-state index in [1.165, 1.54) is 17.3 Å². The number of pyridine rings is 1. The first-order chi connectivity index (χ1) is 11.7. The Balaban J connectivity index is 1.52. The number of hydrogen-bond donors (Lipinski definition) is 0. The molecular weight excluding hydrogens is 318 g/mol. The van der Waals surface area contributed by atoms with Crippen LogP contribution in [-0.4, -0.2) is 53.5 Å². The van der Waals surface area contributed by atoms with Crippen molar-refractivity contribution in [3.8, 4) is 11.1 Å². The van der Waals surface area contributed by atoms with Crippen LogP contribution in [0.5, 0.6) is 0 Å². The molecule has 3 rings (SSSR count). The summed E-state index contributed by atoms with van der Waals surface area (Å²) >= 11 is 1.42. The fourth-order valence-electron chi connectivity index (χ4n) is 2.89. The van der Waals surface area contributed by atoms with E-state index in [0.717, 1.165) is 49.9 Å². The molecule has 1 saturated heterocycles. The highest BCUT2D eigenvalue weighted by Gasteiger charge is 2.17. The van der Waals surface area contributed by atoms with Crippen molar-refractivity contribution in [3.05, 3.63) is 48.7 Å². The fourth-order valence-corrected chi connectivity index (χ4v) is 3.53. The predicted molar refractivity (Wildman–Crippen MR) is 101 cm³/mol. The summed E-state index contributed by atoms with van der Waals surface area (Å²) < 4.78 is 0. The molecule has 1 aliphatic rings. The summed E-state index contributed by atoms with van der Waals surface area (Å²) in [6, 6.07) is 14.6. The molecule has 0 amide bonds. The third-order valence-electron chi connectivity index (χ3n) is 4.26. The van der Waals surface area contributed by atoms with Crippen LogP contribution >= 0.6 is 11.8 Å². The van der Waals surface area contributed by atoms with Gasteiger partial charge in [-0.3, -0.25) is 9.69 Å². The van der Waals surface area contributed by atoms with Gasteiger partial charge in [0.05, 0.1) is 0 Å². The topological polar surface area (TPSA) is 36.4 Å². The van der Waals surface area contributed by atoms with Crippen molar-refractivity contribution in [3.63, 3.8) is 0 Å². The second-order valence-corrected chi connectivity index (χ2v) is 7.21.